The molecule has 102 valence electrons. The molecule has 0 bridgehead atoms. The van der Waals surface area contributed by atoms with Gasteiger partial charge in [0.1, 0.15) is 0 Å². The third-order valence-electron chi connectivity index (χ3n) is 3.87. The topological polar surface area (TPSA) is 12.0 Å². The molecule has 0 aliphatic rings. The van der Waals surface area contributed by atoms with Gasteiger partial charge in [0.15, 0.2) is 0 Å². The molecule has 0 radical (unpaired) electrons. The van der Waals surface area contributed by atoms with E-state index in [0.29, 0.717) is 6.04 Å². The van der Waals surface area contributed by atoms with Crippen LogP contribution < -0.4 is 5.32 Å². The van der Waals surface area contributed by atoms with E-state index >= 15 is 0 Å². The Balaban J connectivity index is 2.56. The number of hydrogen-bond acceptors (Lipinski definition) is 1. The first-order valence-corrected chi connectivity index (χ1v) is 7.43. The van der Waals surface area contributed by atoms with E-state index in [0.717, 1.165) is 18.4 Å². The van der Waals surface area contributed by atoms with Crippen LogP contribution in [0.25, 0.3) is 0 Å². The zero-order valence-electron chi connectivity index (χ0n) is 12.4. The van der Waals surface area contributed by atoms with E-state index in [1.54, 1.807) is 0 Å². The molecule has 1 N–H and O–H groups in total. The van der Waals surface area contributed by atoms with Gasteiger partial charge in [-0.15, -0.1) is 0 Å². The minimum absolute atomic E-state index is 0.521. The van der Waals surface area contributed by atoms with Crippen LogP contribution in [0.2, 0.25) is 0 Å². The molecule has 1 aromatic carbocycles. The highest BCUT2D eigenvalue weighted by molar-refractivity contribution is 5.18. The molecule has 0 aromatic heterocycles. The summed E-state index contributed by atoms with van der Waals surface area (Å²) in [5.74, 6) is 1.48. The lowest BCUT2D eigenvalue weighted by molar-refractivity contribution is 0.359. The minimum atomic E-state index is 0.521. The van der Waals surface area contributed by atoms with Crippen molar-refractivity contribution in [3.8, 4) is 0 Å². The maximum absolute atomic E-state index is 3.75. The Morgan fingerprint density at radius 3 is 2.28 bits per heavy atom. The van der Waals surface area contributed by atoms with E-state index in [1.165, 1.54) is 24.8 Å². The van der Waals surface area contributed by atoms with Crippen molar-refractivity contribution in [3.05, 3.63) is 35.9 Å². The highest BCUT2D eigenvalue weighted by Gasteiger charge is 2.13. The lowest BCUT2D eigenvalue weighted by Crippen LogP contribution is -2.28. The van der Waals surface area contributed by atoms with Crippen LogP contribution in [-0.2, 0) is 0 Å². The van der Waals surface area contributed by atoms with Crippen LogP contribution in [0.5, 0.6) is 0 Å². The van der Waals surface area contributed by atoms with E-state index in [2.05, 4.69) is 63.3 Å². The van der Waals surface area contributed by atoms with Gasteiger partial charge in [-0.1, -0.05) is 70.9 Å². The van der Waals surface area contributed by atoms with E-state index in [9.17, 15) is 0 Å². The third-order valence-corrected chi connectivity index (χ3v) is 3.87. The zero-order valence-corrected chi connectivity index (χ0v) is 12.4. The van der Waals surface area contributed by atoms with Gasteiger partial charge in [-0.25, -0.2) is 0 Å². The average molecular weight is 247 g/mol. The number of hydrogen-bond donors (Lipinski definition) is 1. The molecule has 2 unspecified atom stereocenters. The quantitative estimate of drug-likeness (QED) is 0.696. The molecule has 0 saturated heterocycles. The molecule has 1 nitrogen and oxygen atoms in total. The Hall–Kier alpha value is -0.820. The minimum Gasteiger partial charge on any atom is -0.310 e. The second kappa shape index (κ2) is 8.31. The molecule has 2 atom stereocenters. The van der Waals surface area contributed by atoms with Crippen molar-refractivity contribution < 1.29 is 0 Å². The fourth-order valence-corrected chi connectivity index (χ4v) is 2.04. The third kappa shape index (κ3) is 5.22. The van der Waals surface area contributed by atoms with Crippen LogP contribution in [0, 0.1) is 11.8 Å². The SMILES string of the molecule is CCCCC(NCC(C)C(C)C)c1ccccc1. The highest BCUT2D eigenvalue weighted by Crippen LogP contribution is 2.20. The summed E-state index contributed by atoms with van der Waals surface area (Å²) in [6, 6.07) is 11.4. The first-order chi connectivity index (χ1) is 8.65. The van der Waals surface area contributed by atoms with Crippen molar-refractivity contribution in [3.63, 3.8) is 0 Å². The molecule has 1 rings (SSSR count). The van der Waals surface area contributed by atoms with Crippen LogP contribution in [0.1, 0.15) is 58.6 Å². The summed E-state index contributed by atoms with van der Waals surface area (Å²) >= 11 is 0. The normalized spacial score (nSPS) is 14.7. The summed E-state index contributed by atoms with van der Waals surface area (Å²) < 4.78 is 0. The molecule has 0 aliphatic heterocycles. The molecular weight excluding hydrogens is 218 g/mol. The predicted octanol–water partition coefficient (Wildman–Crippen LogP) is 4.80. The van der Waals surface area contributed by atoms with Gasteiger partial charge in [0.05, 0.1) is 0 Å². The summed E-state index contributed by atoms with van der Waals surface area (Å²) in [6.07, 6.45) is 3.80. The van der Waals surface area contributed by atoms with Gasteiger partial charge in [0.2, 0.25) is 0 Å². The Kier molecular flexibility index (Phi) is 7.04. The molecule has 0 spiro atoms. The van der Waals surface area contributed by atoms with Gasteiger partial charge in [-0.05, 0) is 30.4 Å². The monoisotopic (exact) mass is 247 g/mol. The van der Waals surface area contributed by atoms with Crippen LogP contribution in [-0.4, -0.2) is 6.54 Å². The maximum Gasteiger partial charge on any atom is 0.0320 e. The van der Waals surface area contributed by atoms with Crippen molar-refractivity contribution in [2.45, 2.75) is 53.0 Å². The van der Waals surface area contributed by atoms with Gasteiger partial charge in [-0.3, -0.25) is 0 Å². The Morgan fingerprint density at radius 1 is 1.06 bits per heavy atom. The fourth-order valence-electron chi connectivity index (χ4n) is 2.04. The second-order valence-electron chi connectivity index (χ2n) is 5.74. The van der Waals surface area contributed by atoms with Crippen LogP contribution in [0.15, 0.2) is 30.3 Å². The summed E-state index contributed by atoms with van der Waals surface area (Å²) in [4.78, 5) is 0. The summed E-state index contributed by atoms with van der Waals surface area (Å²) in [7, 11) is 0. The first-order valence-electron chi connectivity index (χ1n) is 7.43. The molecular formula is C17H29N. The molecule has 0 saturated carbocycles. The van der Waals surface area contributed by atoms with Crippen molar-refractivity contribution in [1.82, 2.24) is 5.32 Å². The van der Waals surface area contributed by atoms with Crippen LogP contribution >= 0.6 is 0 Å². The van der Waals surface area contributed by atoms with Crippen molar-refractivity contribution >= 4 is 0 Å². The number of rotatable bonds is 8. The van der Waals surface area contributed by atoms with E-state index in [1.807, 2.05) is 0 Å². The Morgan fingerprint density at radius 2 is 1.72 bits per heavy atom. The molecule has 0 aliphatic carbocycles. The fraction of sp³-hybridized carbons (Fsp3) is 0.647. The zero-order chi connectivity index (χ0) is 13.4. The van der Waals surface area contributed by atoms with Crippen molar-refractivity contribution in [2.24, 2.45) is 11.8 Å². The lowest BCUT2D eigenvalue weighted by atomic mass is 9.96. The van der Waals surface area contributed by atoms with E-state index in [4.69, 9.17) is 0 Å². The molecule has 0 heterocycles. The Bertz CT molecular complexity index is 305. The smallest absolute Gasteiger partial charge is 0.0320 e. The molecule has 0 amide bonds. The van der Waals surface area contributed by atoms with Gasteiger partial charge in [0, 0.05) is 6.04 Å². The number of unbranched alkanes of at least 4 members (excludes halogenated alkanes) is 1. The highest BCUT2D eigenvalue weighted by atomic mass is 14.9. The van der Waals surface area contributed by atoms with Gasteiger partial charge < -0.3 is 5.32 Å². The predicted molar refractivity (Wildman–Crippen MR) is 80.7 cm³/mol. The lowest BCUT2D eigenvalue weighted by Gasteiger charge is -2.23. The van der Waals surface area contributed by atoms with Crippen molar-refractivity contribution in [2.75, 3.05) is 6.54 Å². The van der Waals surface area contributed by atoms with Crippen LogP contribution in [0.4, 0.5) is 0 Å². The number of nitrogens with one attached hydrogen (secondary N) is 1. The average Bonchev–Trinajstić information content (AvgIpc) is 2.39. The van der Waals surface area contributed by atoms with Gasteiger partial charge in [-0.2, -0.15) is 0 Å². The maximum atomic E-state index is 3.75. The van der Waals surface area contributed by atoms with E-state index < -0.39 is 0 Å². The standard InChI is InChI=1S/C17H29N/c1-5-6-12-17(16-10-8-7-9-11-16)18-13-15(4)14(2)3/h7-11,14-15,17-18H,5-6,12-13H2,1-4H3. The first kappa shape index (κ1) is 15.2. The molecule has 1 aromatic rings. The molecule has 18 heavy (non-hydrogen) atoms. The van der Waals surface area contributed by atoms with E-state index in [-0.39, 0.29) is 0 Å². The summed E-state index contributed by atoms with van der Waals surface area (Å²) in [6.45, 7) is 10.3. The molecule has 0 fully saturated rings. The second-order valence-corrected chi connectivity index (χ2v) is 5.74. The number of benzene rings is 1. The van der Waals surface area contributed by atoms with Crippen LogP contribution in [0.3, 0.4) is 0 Å². The summed E-state index contributed by atoms with van der Waals surface area (Å²) in [5.41, 5.74) is 1.43. The molecule has 1 heteroatoms. The van der Waals surface area contributed by atoms with Gasteiger partial charge in [0.25, 0.3) is 0 Å². The Labute approximate surface area is 113 Å². The largest absolute Gasteiger partial charge is 0.310 e. The summed E-state index contributed by atoms with van der Waals surface area (Å²) in [5, 5.41) is 3.75. The van der Waals surface area contributed by atoms with Crippen molar-refractivity contribution in [1.29, 1.82) is 0 Å². The van der Waals surface area contributed by atoms with Gasteiger partial charge >= 0.3 is 0 Å².